The van der Waals surface area contributed by atoms with Gasteiger partial charge in [0.2, 0.25) is 0 Å². The van der Waals surface area contributed by atoms with Gasteiger partial charge in [0.25, 0.3) is 5.91 Å². The van der Waals surface area contributed by atoms with Crippen molar-refractivity contribution in [2.45, 2.75) is 0 Å². The van der Waals surface area contributed by atoms with E-state index in [1.165, 1.54) is 6.20 Å². The molecule has 2 N–H and O–H groups in total. The van der Waals surface area contributed by atoms with E-state index in [4.69, 9.17) is 4.74 Å². The maximum atomic E-state index is 12.1. The van der Waals surface area contributed by atoms with E-state index >= 15 is 0 Å². The molecule has 1 aliphatic rings. The molecule has 1 aromatic carbocycles. The SMILES string of the molecule is CN(C)CCNC(=O)c1cnc(Nc2ccccc2N2CCOCC2)cn1. The third-order valence-corrected chi connectivity index (χ3v) is 4.25. The number of morpholine rings is 1. The second-order valence-corrected chi connectivity index (χ2v) is 6.59. The summed E-state index contributed by atoms with van der Waals surface area (Å²) in [6, 6.07) is 8.08. The van der Waals surface area contributed by atoms with Crippen molar-refractivity contribution in [2.24, 2.45) is 0 Å². The molecular weight excluding hydrogens is 344 g/mol. The Morgan fingerprint density at radius 1 is 1.19 bits per heavy atom. The van der Waals surface area contributed by atoms with E-state index in [-0.39, 0.29) is 5.91 Å². The average Bonchev–Trinajstić information content (AvgIpc) is 2.69. The van der Waals surface area contributed by atoms with Gasteiger partial charge in [0, 0.05) is 26.2 Å². The molecular formula is C19H26N6O2. The third kappa shape index (κ3) is 5.38. The molecule has 0 radical (unpaired) electrons. The normalized spacial score (nSPS) is 14.3. The van der Waals surface area contributed by atoms with Crippen LogP contribution >= 0.6 is 0 Å². The van der Waals surface area contributed by atoms with Gasteiger partial charge < -0.3 is 25.2 Å². The molecule has 1 amide bonds. The van der Waals surface area contributed by atoms with E-state index < -0.39 is 0 Å². The van der Waals surface area contributed by atoms with Crippen LogP contribution in [-0.4, -0.2) is 74.3 Å². The van der Waals surface area contributed by atoms with Gasteiger partial charge in [-0.25, -0.2) is 9.97 Å². The number of amides is 1. The largest absolute Gasteiger partial charge is 0.378 e. The van der Waals surface area contributed by atoms with E-state index in [9.17, 15) is 4.79 Å². The molecule has 0 spiro atoms. The summed E-state index contributed by atoms with van der Waals surface area (Å²) in [5.74, 6) is 0.380. The number of carbonyl (C=O) groups excluding carboxylic acids is 1. The Kier molecular flexibility index (Phi) is 6.56. The lowest BCUT2D eigenvalue weighted by Crippen LogP contribution is -2.36. The lowest BCUT2D eigenvalue weighted by atomic mass is 10.2. The smallest absolute Gasteiger partial charge is 0.271 e. The van der Waals surface area contributed by atoms with Gasteiger partial charge in [0.15, 0.2) is 0 Å². The zero-order valence-corrected chi connectivity index (χ0v) is 15.8. The maximum absolute atomic E-state index is 12.1. The van der Waals surface area contributed by atoms with Crippen LogP contribution in [0.1, 0.15) is 10.5 Å². The van der Waals surface area contributed by atoms with Gasteiger partial charge in [0.1, 0.15) is 11.5 Å². The summed E-state index contributed by atoms with van der Waals surface area (Å²) in [5, 5.41) is 6.13. The molecule has 2 aromatic rings. The number of hydrogen-bond donors (Lipinski definition) is 2. The number of likely N-dealkylation sites (N-methyl/N-ethyl adjacent to an activating group) is 1. The summed E-state index contributed by atoms with van der Waals surface area (Å²) in [6.45, 7) is 4.52. The van der Waals surface area contributed by atoms with Crippen molar-refractivity contribution >= 4 is 23.1 Å². The number of nitrogens with one attached hydrogen (secondary N) is 2. The Labute approximate surface area is 159 Å². The second-order valence-electron chi connectivity index (χ2n) is 6.59. The molecule has 1 aromatic heterocycles. The minimum absolute atomic E-state index is 0.218. The average molecular weight is 370 g/mol. The Hall–Kier alpha value is -2.71. The molecule has 0 saturated carbocycles. The third-order valence-electron chi connectivity index (χ3n) is 4.25. The Morgan fingerprint density at radius 3 is 2.67 bits per heavy atom. The van der Waals surface area contributed by atoms with Gasteiger partial charge >= 0.3 is 0 Å². The van der Waals surface area contributed by atoms with Crippen LogP contribution in [-0.2, 0) is 4.74 Å². The van der Waals surface area contributed by atoms with Crippen molar-refractivity contribution in [2.75, 3.05) is 63.7 Å². The molecule has 8 nitrogen and oxygen atoms in total. The van der Waals surface area contributed by atoms with Gasteiger partial charge in [-0.2, -0.15) is 0 Å². The Morgan fingerprint density at radius 2 is 1.96 bits per heavy atom. The molecule has 27 heavy (non-hydrogen) atoms. The first-order chi connectivity index (χ1) is 13.1. The van der Waals surface area contributed by atoms with Crippen LogP contribution in [0.2, 0.25) is 0 Å². The molecule has 8 heteroatoms. The number of benzene rings is 1. The maximum Gasteiger partial charge on any atom is 0.271 e. The van der Waals surface area contributed by atoms with Crippen molar-refractivity contribution in [3.05, 3.63) is 42.4 Å². The van der Waals surface area contributed by atoms with E-state index in [1.807, 2.05) is 37.2 Å². The van der Waals surface area contributed by atoms with E-state index in [0.29, 0.717) is 18.1 Å². The molecule has 0 bridgehead atoms. The van der Waals surface area contributed by atoms with Crippen LogP contribution in [0.15, 0.2) is 36.7 Å². The minimum Gasteiger partial charge on any atom is -0.378 e. The number of anilines is 3. The fourth-order valence-electron chi connectivity index (χ4n) is 2.79. The number of hydrogen-bond acceptors (Lipinski definition) is 7. The quantitative estimate of drug-likeness (QED) is 0.761. The predicted molar refractivity (Wildman–Crippen MR) is 106 cm³/mol. The molecule has 144 valence electrons. The summed E-state index contributed by atoms with van der Waals surface area (Å²) < 4.78 is 5.43. The van der Waals surface area contributed by atoms with Crippen molar-refractivity contribution in [1.29, 1.82) is 0 Å². The zero-order valence-electron chi connectivity index (χ0n) is 15.8. The molecule has 2 heterocycles. The first kappa shape index (κ1) is 19.1. The minimum atomic E-state index is -0.218. The van der Waals surface area contributed by atoms with Crippen molar-refractivity contribution < 1.29 is 9.53 Å². The molecule has 0 atom stereocenters. The fraction of sp³-hybridized carbons (Fsp3) is 0.421. The van der Waals surface area contributed by atoms with Crippen LogP contribution in [0.25, 0.3) is 0 Å². The number of carbonyl (C=O) groups is 1. The number of aromatic nitrogens is 2. The fourth-order valence-corrected chi connectivity index (χ4v) is 2.79. The van der Waals surface area contributed by atoms with Crippen LogP contribution in [0.4, 0.5) is 17.2 Å². The van der Waals surface area contributed by atoms with Crippen LogP contribution in [0.5, 0.6) is 0 Å². The highest BCUT2D eigenvalue weighted by atomic mass is 16.5. The summed E-state index contributed by atoms with van der Waals surface area (Å²) >= 11 is 0. The van der Waals surface area contributed by atoms with Crippen LogP contribution in [0.3, 0.4) is 0 Å². The summed E-state index contributed by atoms with van der Waals surface area (Å²) in [4.78, 5) is 24.9. The van der Waals surface area contributed by atoms with E-state index in [2.05, 4.69) is 31.6 Å². The lowest BCUT2D eigenvalue weighted by molar-refractivity contribution is 0.0945. The van der Waals surface area contributed by atoms with Gasteiger partial charge in [0.05, 0.1) is 37.0 Å². The van der Waals surface area contributed by atoms with Crippen molar-refractivity contribution in [3.63, 3.8) is 0 Å². The lowest BCUT2D eigenvalue weighted by Gasteiger charge is -2.30. The summed E-state index contributed by atoms with van der Waals surface area (Å²) in [5.41, 5.74) is 2.37. The van der Waals surface area contributed by atoms with Gasteiger partial charge in [-0.3, -0.25) is 4.79 Å². The highest BCUT2D eigenvalue weighted by Gasteiger charge is 2.15. The first-order valence-corrected chi connectivity index (χ1v) is 9.07. The molecule has 1 aliphatic heterocycles. The Bertz CT molecular complexity index is 744. The molecule has 1 fully saturated rings. The Balaban J connectivity index is 1.64. The molecule has 3 rings (SSSR count). The topological polar surface area (TPSA) is 82.6 Å². The first-order valence-electron chi connectivity index (χ1n) is 9.07. The molecule has 0 aliphatic carbocycles. The number of para-hydroxylation sites is 2. The number of nitrogens with zero attached hydrogens (tertiary/aromatic N) is 4. The monoisotopic (exact) mass is 370 g/mol. The summed E-state index contributed by atoms with van der Waals surface area (Å²) in [7, 11) is 3.92. The van der Waals surface area contributed by atoms with E-state index in [0.717, 1.165) is 44.2 Å². The predicted octanol–water partition coefficient (Wildman–Crippen LogP) is 1.35. The number of ether oxygens (including phenoxy) is 1. The highest BCUT2D eigenvalue weighted by Crippen LogP contribution is 2.28. The van der Waals surface area contributed by atoms with Gasteiger partial charge in [-0.15, -0.1) is 0 Å². The molecule has 1 saturated heterocycles. The number of rotatable bonds is 7. The van der Waals surface area contributed by atoms with Crippen molar-refractivity contribution in [3.8, 4) is 0 Å². The second kappa shape index (κ2) is 9.29. The molecule has 0 unspecified atom stereocenters. The van der Waals surface area contributed by atoms with Gasteiger partial charge in [-0.05, 0) is 26.2 Å². The van der Waals surface area contributed by atoms with Crippen LogP contribution < -0.4 is 15.5 Å². The van der Waals surface area contributed by atoms with Crippen LogP contribution in [0, 0.1) is 0 Å². The zero-order chi connectivity index (χ0) is 19.1. The highest BCUT2D eigenvalue weighted by molar-refractivity contribution is 5.92. The summed E-state index contributed by atoms with van der Waals surface area (Å²) in [6.07, 6.45) is 3.07. The standard InChI is InChI=1S/C19H26N6O2/c1-24(2)8-7-20-19(26)16-13-22-18(14-21-16)23-15-5-3-4-6-17(15)25-9-11-27-12-10-25/h3-6,13-14H,7-12H2,1-2H3,(H,20,26)(H,22,23). The van der Waals surface area contributed by atoms with E-state index in [1.54, 1.807) is 6.20 Å². The van der Waals surface area contributed by atoms with Crippen molar-refractivity contribution in [1.82, 2.24) is 20.2 Å². The van der Waals surface area contributed by atoms with Gasteiger partial charge in [-0.1, -0.05) is 12.1 Å².